The van der Waals surface area contributed by atoms with Crippen LogP contribution in [0.1, 0.15) is 25.8 Å². The molecule has 0 radical (unpaired) electrons. The molecule has 0 fully saturated rings. The molecule has 1 aromatic heterocycles. The Morgan fingerprint density at radius 2 is 2.00 bits per heavy atom. The Morgan fingerprint density at radius 3 is 2.70 bits per heavy atom. The Kier molecular flexibility index (Phi) is 7.01. The first kappa shape index (κ1) is 20.9. The fourth-order valence-electron chi connectivity index (χ4n) is 2.94. The summed E-state index contributed by atoms with van der Waals surface area (Å²) in [6, 6.07) is 19.3. The average molecular weight is 400 g/mol. The molecule has 2 aromatic carbocycles. The molecular weight excluding hydrogens is 376 g/mol. The number of nitrogens with zero attached hydrogens (tertiary/aromatic N) is 3. The van der Waals surface area contributed by atoms with Gasteiger partial charge in [0.1, 0.15) is 23.1 Å². The van der Waals surface area contributed by atoms with Crippen LogP contribution in [-0.4, -0.2) is 28.8 Å². The maximum Gasteiger partial charge on any atom is 0.261 e. The Morgan fingerprint density at radius 1 is 1.20 bits per heavy atom. The molecular formula is C24H24N4O2. The number of hydrogen-bond acceptors (Lipinski definition) is 4. The van der Waals surface area contributed by atoms with E-state index in [0.717, 1.165) is 23.4 Å². The SMILES string of the molecule is CCCOc1cccc(-c2nn(-c3ccccc3)cc2C=C(C#N)C(=O)NCC)c1. The van der Waals surface area contributed by atoms with E-state index in [-0.39, 0.29) is 5.57 Å². The summed E-state index contributed by atoms with van der Waals surface area (Å²) in [6.45, 7) is 4.95. The molecule has 0 saturated heterocycles. The lowest BCUT2D eigenvalue weighted by Crippen LogP contribution is -2.23. The molecule has 1 heterocycles. The number of para-hydroxylation sites is 1. The molecule has 1 amide bonds. The number of likely N-dealkylation sites (N-methyl/N-ethyl adjacent to an activating group) is 1. The van der Waals surface area contributed by atoms with Gasteiger partial charge in [0.2, 0.25) is 0 Å². The number of nitrogens with one attached hydrogen (secondary N) is 1. The second-order valence-corrected chi connectivity index (χ2v) is 6.62. The van der Waals surface area contributed by atoms with Gasteiger partial charge in [0.25, 0.3) is 5.91 Å². The lowest BCUT2D eigenvalue weighted by atomic mass is 10.1. The van der Waals surface area contributed by atoms with Gasteiger partial charge in [-0.15, -0.1) is 0 Å². The predicted octanol–water partition coefficient (Wildman–Crippen LogP) is 4.37. The molecule has 30 heavy (non-hydrogen) atoms. The third kappa shape index (κ3) is 4.95. The standard InChI is InChI=1S/C24H24N4O2/c1-3-13-30-22-12-8-9-18(15-22)23-20(14-19(16-25)24(29)26-4-2)17-28(27-23)21-10-6-5-7-11-21/h5-12,14-15,17H,3-4,13H2,1-2H3,(H,26,29). The number of aromatic nitrogens is 2. The molecule has 3 rings (SSSR count). The normalized spacial score (nSPS) is 11.0. The zero-order valence-electron chi connectivity index (χ0n) is 17.1. The first-order valence-corrected chi connectivity index (χ1v) is 9.94. The van der Waals surface area contributed by atoms with Crippen molar-refractivity contribution in [2.75, 3.05) is 13.2 Å². The summed E-state index contributed by atoms with van der Waals surface area (Å²) in [5.41, 5.74) is 3.10. The highest BCUT2D eigenvalue weighted by atomic mass is 16.5. The van der Waals surface area contributed by atoms with Crippen LogP contribution < -0.4 is 10.1 Å². The first-order chi connectivity index (χ1) is 14.7. The van der Waals surface area contributed by atoms with Crippen LogP contribution in [0.5, 0.6) is 5.75 Å². The van der Waals surface area contributed by atoms with Gasteiger partial charge in [-0.25, -0.2) is 4.68 Å². The molecule has 3 aromatic rings. The van der Waals surface area contributed by atoms with E-state index in [1.54, 1.807) is 10.8 Å². The number of carbonyl (C=O) groups is 1. The lowest BCUT2D eigenvalue weighted by molar-refractivity contribution is -0.116. The van der Waals surface area contributed by atoms with Gasteiger partial charge in [-0.1, -0.05) is 37.3 Å². The van der Waals surface area contributed by atoms with Crippen molar-refractivity contribution < 1.29 is 9.53 Å². The summed E-state index contributed by atoms with van der Waals surface area (Å²) in [6.07, 6.45) is 4.31. The number of rotatable bonds is 8. The van der Waals surface area contributed by atoms with Crippen LogP contribution in [0.2, 0.25) is 0 Å². The van der Waals surface area contributed by atoms with Gasteiger partial charge in [0, 0.05) is 23.9 Å². The van der Waals surface area contributed by atoms with Gasteiger partial charge in [-0.3, -0.25) is 4.79 Å². The molecule has 0 spiro atoms. The molecule has 0 aliphatic carbocycles. The maximum atomic E-state index is 12.2. The average Bonchev–Trinajstić information content (AvgIpc) is 3.21. The smallest absolute Gasteiger partial charge is 0.261 e. The van der Waals surface area contributed by atoms with E-state index in [1.165, 1.54) is 0 Å². The summed E-state index contributed by atoms with van der Waals surface area (Å²) in [7, 11) is 0. The molecule has 0 bridgehead atoms. The second kappa shape index (κ2) is 10.1. The number of benzene rings is 2. The fourth-order valence-corrected chi connectivity index (χ4v) is 2.94. The molecule has 0 saturated carbocycles. The van der Waals surface area contributed by atoms with Gasteiger partial charge in [-0.2, -0.15) is 10.4 Å². The van der Waals surface area contributed by atoms with Gasteiger partial charge in [0.05, 0.1) is 12.3 Å². The Bertz CT molecular complexity index is 1080. The molecule has 6 heteroatoms. The van der Waals surface area contributed by atoms with Crippen molar-refractivity contribution in [1.29, 1.82) is 5.26 Å². The zero-order valence-corrected chi connectivity index (χ0v) is 17.1. The fraction of sp³-hybridized carbons (Fsp3) is 0.208. The summed E-state index contributed by atoms with van der Waals surface area (Å²) in [5, 5.41) is 16.9. The van der Waals surface area contributed by atoms with Crippen molar-refractivity contribution >= 4 is 12.0 Å². The summed E-state index contributed by atoms with van der Waals surface area (Å²) >= 11 is 0. The molecule has 0 atom stereocenters. The minimum absolute atomic E-state index is 0.0316. The number of ether oxygens (including phenoxy) is 1. The minimum atomic E-state index is -0.404. The van der Waals surface area contributed by atoms with Crippen molar-refractivity contribution in [3.8, 4) is 28.8 Å². The number of nitriles is 1. The minimum Gasteiger partial charge on any atom is -0.494 e. The topological polar surface area (TPSA) is 79.9 Å². The monoisotopic (exact) mass is 400 g/mol. The molecule has 6 nitrogen and oxygen atoms in total. The van der Waals surface area contributed by atoms with Crippen molar-refractivity contribution in [3.05, 3.63) is 71.9 Å². The van der Waals surface area contributed by atoms with E-state index in [4.69, 9.17) is 9.84 Å². The molecule has 1 N–H and O–H groups in total. The van der Waals surface area contributed by atoms with E-state index in [0.29, 0.717) is 24.4 Å². The van der Waals surface area contributed by atoms with Gasteiger partial charge < -0.3 is 10.1 Å². The highest BCUT2D eigenvalue weighted by Crippen LogP contribution is 2.28. The highest BCUT2D eigenvalue weighted by molar-refractivity contribution is 6.02. The van der Waals surface area contributed by atoms with Crippen LogP contribution in [0.15, 0.2) is 66.4 Å². The summed E-state index contributed by atoms with van der Waals surface area (Å²) in [4.78, 5) is 12.2. The van der Waals surface area contributed by atoms with Crippen molar-refractivity contribution in [1.82, 2.24) is 15.1 Å². The number of carbonyl (C=O) groups excluding carboxylic acids is 1. The molecule has 0 aliphatic heterocycles. The second-order valence-electron chi connectivity index (χ2n) is 6.62. The van der Waals surface area contributed by atoms with Gasteiger partial charge in [-0.05, 0) is 43.7 Å². The highest BCUT2D eigenvalue weighted by Gasteiger charge is 2.15. The number of hydrogen-bond donors (Lipinski definition) is 1. The van der Waals surface area contributed by atoms with Gasteiger partial charge >= 0.3 is 0 Å². The van der Waals surface area contributed by atoms with Crippen LogP contribution >= 0.6 is 0 Å². The van der Waals surface area contributed by atoms with E-state index in [2.05, 4.69) is 12.2 Å². The quantitative estimate of drug-likeness (QED) is 0.450. The first-order valence-electron chi connectivity index (χ1n) is 9.94. The predicted molar refractivity (Wildman–Crippen MR) is 117 cm³/mol. The van der Waals surface area contributed by atoms with E-state index < -0.39 is 5.91 Å². The van der Waals surface area contributed by atoms with Crippen LogP contribution in [0.4, 0.5) is 0 Å². The summed E-state index contributed by atoms with van der Waals surface area (Å²) < 4.78 is 7.50. The zero-order chi connectivity index (χ0) is 21.3. The van der Waals surface area contributed by atoms with Crippen molar-refractivity contribution in [2.24, 2.45) is 0 Å². The van der Waals surface area contributed by atoms with Crippen LogP contribution in [0, 0.1) is 11.3 Å². The van der Waals surface area contributed by atoms with E-state index in [1.807, 2.05) is 73.8 Å². The summed E-state index contributed by atoms with van der Waals surface area (Å²) in [5.74, 6) is 0.348. The van der Waals surface area contributed by atoms with Crippen molar-refractivity contribution in [2.45, 2.75) is 20.3 Å². The Labute approximate surface area is 176 Å². The van der Waals surface area contributed by atoms with E-state index in [9.17, 15) is 10.1 Å². The molecule has 0 aliphatic rings. The van der Waals surface area contributed by atoms with Crippen LogP contribution in [0.25, 0.3) is 23.0 Å². The van der Waals surface area contributed by atoms with E-state index >= 15 is 0 Å². The third-order valence-electron chi connectivity index (χ3n) is 4.35. The Balaban J connectivity index is 2.10. The van der Waals surface area contributed by atoms with Crippen LogP contribution in [-0.2, 0) is 4.79 Å². The molecule has 0 unspecified atom stereocenters. The van der Waals surface area contributed by atoms with Gasteiger partial charge in [0.15, 0.2) is 0 Å². The Hall–Kier alpha value is -3.85. The molecule has 152 valence electrons. The van der Waals surface area contributed by atoms with Crippen molar-refractivity contribution in [3.63, 3.8) is 0 Å². The number of amides is 1. The van der Waals surface area contributed by atoms with Crippen LogP contribution in [0.3, 0.4) is 0 Å². The maximum absolute atomic E-state index is 12.2. The third-order valence-corrected chi connectivity index (χ3v) is 4.35. The largest absolute Gasteiger partial charge is 0.494 e. The lowest BCUT2D eigenvalue weighted by Gasteiger charge is -2.06.